The number of alkyl halides is 3. The van der Waals surface area contributed by atoms with Crippen molar-refractivity contribution in [2.75, 3.05) is 7.11 Å². The van der Waals surface area contributed by atoms with Crippen LogP contribution in [0.3, 0.4) is 0 Å². The van der Waals surface area contributed by atoms with Crippen LogP contribution in [0.5, 0.6) is 0 Å². The van der Waals surface area contributed by atoms with Crippen molar-refractivity contribution in [1.82, 2.24) is 0 Å². The van der Waals surface area contributed by atoms with E-state index in [0.29, 0.717) is 18.4 Å². The molecule has 1 atom stereocenters. The smallest absolute Gasteiger partial charge is 0.416 e. The average Bonchev–Trinajstić information content (AvgIpc) is 2.80. The zero-order valence-corrected chi connectivity index (χ0v) is 19.1. The number of hydrogen-bond acceptors (Lipinski definition) is 3. The first-order valence-corrected chi connectivity index (χ1v) is 11.4. The fraction of sp³-hybridized carbons (Fsp3) is 0.444. The van der Waals surface area contributed by atoms with Crippen molar-refractivity contribution in [1.29, 1.82) is 0 Å². The predicted molar refractivity (Wildman–Crippen MR) is 124 cm³/mol. The molecule has 0 aliphatic carbocycles. The molecule has 0 fully saturated rings. The zero-order valence-electron chi connectivity index (χ0n) is 19.1. The van der Waals surface area contributed by atoms with Crippen LogP contribution in [0, 0.1) is 11.8 Å². The Morgan fingerprint density at radius 3 is 2.15 bits per heavy atom. The molecule has 0 spiro atoms. The summed E-state index contributed by atoms with van der Waals surface area (Å²) in [5.74, 6) is 6.23. The molecule has 0 aliphatic heterocycles. The third-order valence-corrected chi connectivity index (χ3v) is 5.47. The number of ether oxygens (including phenoxy) is 1. The fourth-order valence-corrected chi connectivity index (χ4v) is 3.47. The maximum atomic E-state index is 12.7. The van der Waals surface area contributed by atoms with Crippen molar-refractivity contribution in [3.63, 3.8) is 0 Å². The van der Waals surface area contributed by atoms with E-state index in [-0.39, 0.29) is 12.0 Å². The Morgan fingerprint density at radius 2 is 1.55 bits per heavy atom. The maximum Gasteiger partial charge on any atom is 0.416 e. The Labute approximate surface area is 194 Å². The van der Waals surface area contributed by atoms with Gasteiger partial charge in [-0.15, -0.1) is 0 Å². The van der Waals surface area contributed by atoms with Crippen LogP contribution in [0.4, 0.5) is 13.2 Å². The number of carbonyl (C=O) groups is 1. The van der Waals surface area contributed by atoms with Crippen molar-refractivity contribution in [3.05, 3.63) is 70.8 Å². The third-order valence-electron chi connectivity index (χ3n) is 5.47. The minimum atomic E-state index is -4.34. The van der Waals surface area contributed by atoms with Gasteiger partial charge in [0.2, 0.25) is 0 Å². The highest BCUT2D eigenvalue weighted by Crippen LogP contribution is 2.30. The van der Waals surface area contributed by atoms with Gasteiger partial charge in [-0.25, -0.2) is 0 Å². The van der Waals surface area contributed by atoms with E-state index in [1.165, 1.54) is 19.2 Å². The minimum Gasteiger partial charge on any atom is -0.469 e. The van der Waals surface area contributed by atoms with Gasteiger partial charge in [0, 0.05) is 24.4 Å². The predicted octanol–water partition coefficient (Wildman–Crippen LogP) is 6.59. The van der Waals surface area contributed by atoms with Crippen molar-refractivity contribution in [2.24, 2.45) is 5.73 Å². The fourth-order valence-electron chi connectivity index (χ4n) is 3.47. The Balaban J connectivity index is 1.68. The molecule has 0 aromatic heterocycles. The lowest BCUT2D eigenvalue weighted by molar-refractivity contribution is -0.140. The van der Waals surface area contributed by atoms with Crippen molar-refractivity contribution in [3.8, 4) is 11.8 Å². The molecule has 2 N–H and O–H groups in total. The van der Waals surface area contributed by atoms with Gasteiger partial charge in [0.05, 0.1) is 12.7 Å². The van der Waals surface area contributed by atoms with Crippen molar-refractivity contribution in [2.45, 2.75) is 70.0 Å². The van der Waals surface area contributed by atoms with E-state index >= 15 is 0 Å². The highest BCUT2D eigenvalue weighted by molar-refractivity contribution is 5.68. The summed E-state index contributed by atoms with van der Waals surface area (Å²) in [5, 5.41) is 0. The van der Waals surface area contributed by atoms with Crippen LogP contribution >= 0.6 is 0 Å². The van der Waals surface area contributed by atoms with Crippen LogP contribution in [-0.4, -0.2) is 13.1 Å². The van der Waals surface area contributed by atoms with E-state index in [2.05, 4.69) is 16.6 Å². The molecule has 0 saturated carbocycles. The van der Waals surface area contributed by atoms with E-state index < -0.39 is 11.7 Å². The van der Waals surface area contributed by atoms with Crippen molar-refractivity contribution >= 4 is 5.97 Å². The van der Waals surface area contributed by atoms with Gasteiger partial charge in [-0.3, -0.25) is 4.79 Å². The van der Waals surface area contributed by atoms with Crippen LogP contribution < -0.4 is 5.73 Å². The van der Waals surface area contributed by atoms with Crippen molar-refractivity contribution < 1.29 is 22.7 Å². The van der Waals surface area contributed by atoms with Gasteiger partial charge in [0.1, 0.15) is 0 Å². The zero-order chi connectivity index (χ0) is 24.1. The van der Waals surface area contributed by atoms with E-state index in [1.807, 2.05) is 24.3 Å². The minimum absolute atomic E-state index is 0.139. The van der Waals surface area contributed by atoms with Crippen LogP contribution in [0.15, 0.2) is 48.5 Å². The van der Waals surface area contributed by atoms with Gasteiger partial charge < -0.3 is 10.5 Å². The first-order chi connectivity index (χ1) is 15.8. The molecule has 1 unspecified atom stereocenters. The Morgan fingerprint density at radius 1 is 0.939 bits per heavy atom. The summed E-state index contributed by atoms with van der Waals surface area (Å²) >= 11 is 0. The first-order valence-electron chi connectivity index (χ1n) is 11.4. The topological polar surface area (TPSA) is 52.3 Å². The summed E-state index contributed by atoms with van der Waals surface area (Å²) in [6.07, 6.45) is 3.96. The molecule has 2 rings (SSSR count). The van der Waals surface area contributed by atoms with Gasteiger partial charge in [-0.1, -0.05) is 61.8 Å². The van der Waals surface area contributed by atoms with E-state index in [0.717, 1.165) is 68.2 Å². The number of methoxy groups -OCH3 is 1. The molecular formula is C27H32F3NO2. The van der Waals surface area contributed by atoms with Crippen LogP contribution in [0.2, 0.25) is 0 Å². The van der Waals surface area contributed by atoms with Crippen LogP contribution in [0.25, 0.3) is 0 Å². The number of halogens is 3. The summed E-state index contributed by atoms with van der Waals surface area (Å²) in [5.41, 5.74) is 8.13. The molecular weight excluding hydrogens is 427 g/mol. The number of unbranched alkanes of at least 4 members (excludes halogenated alkanes) is 6. The quantitative estimate of drug-likeness (QED) is 0.234. The number of rotatable bonds is 11. The molecule has 3 nitrogen and oxygen atoms in total. The third kappa shape index (κ3) is 10.1. The van der Waals surface area contributed by atoms with Gasteiger partial charge in [0.25, 0.3) is 0 Å². The molecule has 2 aromatic carbocycles. The number of hydrogen-bond donors (Lipinski definition) is 1. The normalized spacial score (nSPS) is 12.0. The Hall–Kier alpha value is -2.78. The van der Waals surface area contributed by atoms with E-state index in [4.69, 9.17) is 5.73 Å². The van der Waals surface area contributed by atoms with Crippen LogP contribution in [-0.2, 0) is 22.1 Å². The molecule has 6 heteroatoms. The van der Waals surface area contributed by atoms with Crippen LogP contribution in [0.1, 0.15) is 79.7 Å². The highest BCUT2D eigenvalue weighted by Gasteiger charge is 2.30. The molecule has 0 aliphatic rings. The molecule has 178 valence electrons. The average molecular weight is 460 g/mol. The van der Waals surface area contributed by atoms with E-state index in [9.17, 15) is 18.0 Å². The number of nitrogens with two attached hydrogens (primary N) is 1. The van der Waals surface area contributed by atoms with Gasteiger partial charge >= 0.3 is 12.1 Å². The number of benzene rings is 2. The second kappa shape index (κ2) is 13.7. The number of carbonyl (C=O) groups excluding carboxylic acids is 1. The summed E-state index contributed by atoms with van der Waals surface area (Å²) in [7, 11) is 1.42. The second-order valence-corrected chi connectivity index (χ2v) is 8.13. The maximum absolute atomic E-state index is 12.7. The summed E-state index contributed by atoms with van der Waals surface area (Å²) in [4.78, 5) is 11.0. The molecule has 0 radical (unpaired) electrons. The standard InChI is InChI=1S/C27H32F3NO2/c1-33-26(32)11-9-7-5-3-2-4-6-8-10-21-12-14-22(15-13-21)20-25(31)23-16-18-24(19-17-23)27(28,29)30/h12-19,25H,2-7,9,11,20,31H2,1H3. The van der Waals surface area contributed by atoms with Gasteiger partial charge in [-0.2, -0.15) is 13.2 Å². The molecule has 0 amide bonds. The molecule has 0 heterocycles. The largest absolute Gasteiger partial charge is 0.469 e. The lowest BCUT2D eigenvalue weighted by Gasteiger charge is -2.14. The van der Waals surface area contributed by atoms with Gasteiger partial charge in [-0.05, 0) is 54.7 Å². The number of esters is 1. The lowest BCUT2D eigenvalue weighted by Crippen LogP contribution is -2.14. The molecule has 0 saturated heterocycles. The summed E-state index contributed by atoms with van der Waals surface area (Å²) in [6.45, 7) is 0. The molecule has 2 aromatic rings. The Bertz CT molecular complexity index is 910. The SMILES string of the molecule is COC(=O)CCCCCCCCC#Cc1ccc(CC(N)c2ccc(C(F)(F)F)cc2)cc1. The molecule has 0 bridgehead atoms. The molecule has 33 heavy (non-hydrogen) atoms. The van der Waals surface area contributed by atoms with Gasteiger partial charge in [0.15, 0.2) is 0 Å². The first kappa shape index (κ1) is 26.5. The summed E-state index contributed by atoms with van der Waals surface area (Å²) in [6, 6.07) is 12.5. The monoisotopic (exact) mass is 459 g/mol. The van der Waals surface area contributed by atoms with E-state index in [1.54, 1.807) is 0 Å². The summed E-state index contributed by atoms with van der Waals surface area (Å²) < 4.78 is 42.7. The Kier molecular flexibility index (Phi) is 11.0. The lowest BCUT2D eigenvalue weighted by atomic mass is 9.98. The second-order valence-electron chi connectivity index (χ2n) is 8.13. The highest BCUT2D eigenvalue weighted by atomic mass is 19.4.